The van der Waals surface area contributed by atoms with Crippen LogP contribution in [0, 0.1) is 39.2 Å². The number of nitro benzene ring substituents is 1. The van der Waals surface area contributed by atoms with Crippen LogP contribution in [0.15, 0.2) is 139 Å². The standard InChI is InChI=1S/C46H45NO10/c1-28-24-37-43(51,39(28)48)26-30(27-55-45(31-14-8-5-9-15-31,32-16-10-6-11-17-32)33-18-12-7-13-19-33)25-36-38-42(3,4)46(38,40(49)29(2)44(36,37)52)57-41(50)56-35-22-20-34(21-23-35)47(53)54/h5-25,29,36-38,40,49,51-52H,26-27H2,1-4H3/t29-,36+,37-,38-,40-,43-,44-,46-/m1/s1. The number of rotatable bonds is 9. The van der Waals surface area contributed by atoms with Crippen molar-refractivity contribution in [2.24, 2.45) is 29.1 Å². The number of fused-ring (bicyclic) bond motifs is 5. The fraction of sp³-hybridized carbons (Fsp3) is 0.348. The summed E-state index contributed by atoms with van der Waals surface area (Å²) in [5, 5.41) is 49.0. The average molecular weight is 772 g/mol. The molecule has 11 nitrogen and oxygen atoms in total. The van der Waals surface area contributed by atoms with Gasteiger partial charge in [0, 0.05) is 47.6 Å². The van der Waals surface area contributed by atoms with E-state index < -0.39 is 74.5 Å². The van der Waals surface area contributed by atoms with E-state index in [1.165, 1.54) is 24.3 Å². The molecule has 0 radical (unpaired) electrons. The van der Waals surface area contributed by atoms with Crippen LogP contribution in [-0.2, 0) is 19.9 Å². The smallest absolute Gasteiger partial charge is 0.424 e. The number of carbonyl (C=O) groups is 2. The van der Waals surface area contributed by atoms with Crippen molar-refractivity contribution < 1.29 is 44.0 Å². The first kappa shape index (κ1) is 38.4. The van der Waals surface area contributed by atoms with Gasteiger partial charge in [0.25, 0.3) is 5.69 Å². The lowest BCUT2D eigenvalue weighted by atomic mass is 9.59. The highest BCUT2D eigenvalue weighted by atomic mass is 16.7. The highest BCUT2D eigenvalue weighted by molar-refractivity contribution is 6.04. The first-order valence-corrected chi connectivity index (χ1v) is 19.1. The molecule has 8 rings (SSSR count). The number of carbonyl (C=O) groups excluding carboxylic acids is 2. The number of ether oxygens (including phenoxy) is 3. The number of aliphatic hydroxyl groups is 3. The van der Waals surface area contributed by atoms with Crippen LogP contribution in [0.1, 0.15) is 50.8 Å². The maximum atomic E-state index is 14.0. The van der Waals surface area contributed by atoms with Crippen LogP contribution in [-0.4, -0.2) is 61.7 Å². The Kier molecular flexibility index (Phi) is 9.16. The van der Waals surface area contributed by atoms with Gasteiger partial charge < -0.3 is 29.5 Å². The highest BCUT2D eigenvalue weighted by Gasteiger charge is 2.87. The molecule has 0 unspecified atom stereocenters. The molecule has 57 heavy (non-hydrogen) atoms. The maximum absolute atomic E-state index is 14.0. The zero-order chi connectivity index (χ0) is 40.5. The largest absolute Gasteiger partial charge is 0.514 e. The number of nitrogens with zero attached hydrogens (tertiary/aromatic N) is 1. The number of nitro groups is 1. The van der Waals surface area contributed by atoms with E-state index in [1.807, 2.05) is 111 Å². The summed E-state index contributed by atoms with van der Waals surface area (Å²) in [7, 11) is 0. The molecule has 0 aromatic heterocycles. The molecule has 2 fully saturated rings. The van der Waals surface area contributed by atoms with Crippen LogP contribution in [0.25, 0.3) is 0 Å². The first-order chi connectivity index (χ1) is 27.1. The van der Waals surface area contributed by atoms with Gasteiger partial charge >= 0.3 is 6.16 Å². The molecule has 0 bridgehead atoms. The fourth-order valence-electron chi connectivity index (χ4n) is 10.5. The van der Waals surface area contributed by atoms with Gasteiger partial charge in [0.15, 0.2) is 11.4 Å². The monoisotopic (exact) mass is 771 g/mol. The van der Waals surface area contributed by atoms with Crippen molar-refractivity contribution in [3.8, 4) is 5.75 Å². The number of non-ortho nitro benzene ring substituents is 1. The van der Waals surface area contributed by atoms with E-state index in [1.54, 1.807) is 19.9 Å². The second-order valence-electron chi connectivity index (χ2n) is 16.5. The minimum atomic E-state index is -2.06. The number of benzene rings is 4. The van der Waals surface area contributed by atoms with Crippen molar-refractivity contribution in [1.82, 2.24) is 0 Å². The Morgan fingerprint density at radius 3 is 1.89 bits per heavy atom. The number of hydrogen-bond acceptors (Lipinski definition) is 10. The molecule has 2 saturated carbocycles. The molecule has 8 atom stereocenters. The third kappa shape index (κ3) is 5.62. The van der Waals surface area contributed by atoms with E-state index in [-0.39, 0.29) is 24.5 Å². The van der Waals surface area contributed by atoms with E-state index in [4.69, 9.17) is 14.2 Å². The van der Waals surface area contributed by atoms with Gasteiger partial charge in [-0.3, -0.25) is 14.9 Å². The number of aliphatic hydroxyl groups excluding tert-OH is 1. The van der Waals surface area contributed by atoms with Crippen molar-refractivity contribution in [1.29, 1.82) is 0 Å². The summed E-state index contributed by atoms with van der Waals surface area (Å²) in [5.41, 5.74) is -4.28. The number of ketones is 1. The molecule has 0 amide bonds. The first-order valence-electron chi connectivity index (χ1n) is 19.1. The molecule has 0 saturated heterocycles. The van der Waals surface area contributed by atoms with E-state index >= 15 is 0 Å². The van der Waals surface area contributed by atoms with E-state index in [9.17, 15) is 35.0 Å². The molecule has 0 aliphatic heterocycles. The summed E-state index contributed by atoms with van der Waals surface area (Å²) in [4.78, 5) is 38.1. The van der Waals surface area contributed by atoms with Crippen LogP contribution in [0.4, 0.5) is 10.5 Å². The summed E-state index contributed by atoms with van der Waals surface area (Å²) < 4.78 is 18.8. The van der Waals surface area contributed by atoms with E-state index in [0.717, 1.165) is 16.7 Å². The summed E-state index contributed by atoms with van der Waals surface area (Å²) >= 11 is 0. The molecular formula is C46H45NO10. The number of Topliss-reactive ketones (excluding diaryl/α,β-unsaturated/α-hetero) is 1. The van der Waals surface area contributed by atoms with E-state index in [2.05, 4.69) is 0 Å². The quantitative estimate of drug-likeness (QED) is 0.0400. The van der Waals surface area contributed by atoms with Crippen LogP contribution in [0.3, 0.4) is 0 Å². The second-order valence-corrected chi connectivity index (χ2v) is 16.5. The Balaban J connectivity index is 1.22. The zero-order valence-electron chi connectivity index (χ0n) is 32.1. The SMILES string of the molecule is CC1=C[C@H]2[C@@]3(O)[C@H](C)[C@@H](O)[C@]4(OC(=O)Oc5ccc([N+](=O)[O-])cc5)[C@H]([C@@H]3C=C(COC(c3ccccc3)(c3ccccc3)c3ccccc3)C[C@]2(O)C1=O)C4(C)C. The van der Waals surface area contributed by atoms with Crippen molar-refractivity contribution in [3.05, 3.63) is 165 Å². The van der Waals surface area contributed by atoms with Crippen LogP contribution >= 0.6 is 0 Å². The Hall–Kier alpha value is -5.46. The van der Waals surface area contributed by atoms with Gasteiger partial charge in [-0.1, -0.05) is 124 Å². The lowest BCUT2D eigenvalue weighted by Crippen LogP contribution is -2.65. The van der Waals surface area contributed by atoms with Crippen molar-refractivity contribution in [3.63, 3.8) is 0 Å². The maximum Gasteiger partial charge on any atom is 0.514 e. The summed E-state index contributed by atoms with van der Waals surface area (Å²) in [6.07, 6.45) is 0.762. The lowest BCUT2D eigenvalue weighted by molar-refractivity contribution is -0.384. The van der Waals surface area contributed by atoms with Crippen LogP contribution in [0.5, 0.6) is 5.75 Å². The molecule has 4 aliphatic carbocycles. The van der Waals surface area contributed by atoms with Gasteiger partial charge in [0.1, 0.15) is 23.1 Å². The summed E-state index contributed by atoms with van der Waals surface area (Å²) in [6, 6.07) is 34.4. The molecule has 11 heteroatoms. The van der Waals surface area contributed by atoms with Gasteiger partial charge in [0.05, 0.1) is 17.1 Å². The minimum absolute atomic E-state index is 0.00883. The van der Waals surface area contributed by atoms with Crippen molar-refractivity contribution in [2.45, 2.75) is 62.6 Å². The predicted molar refractivity (Wildman–Crippen MR) is 209 cm³/mol. The van der Waals surface area contributed by atoms with Gasteiger partial charge in [-0.25, -0.2) is 4.79 Å². The van der Waals surface area contributed by atoms with Gasteiger partial charge in [-0.05, 0) is 46.9 Å². The fourth-order valence-corrected chi connectivity index (χ4v) is 10.5. The van der Waals surface area contributed by atoms with E-state index in [0.29, 0.717) is 11.1 Å². The molecule has 294 valence electrons. The molecule has 4 aromatic rings. The third-order valence-electron chi connectivity index (χ3n) is 13.3. The Morgan fingerprint density at radius 2 is 1.39 bits per heavy atom. The molecule has 3 N–H and O–H groups in total. The Morgan fingerprint density at radius 1 is 0.860 bits per heavy atom. The summed E-state index contributed by atoms with van der Waals surface area (Å²) in [6.45, 7) is 6.87. The third-order valence-corrected chi connectivity index (χ3v) is 13.3. The normalized spacial score (nSPS) is 31.1. The molecular weight excluding hydrogens is 727 g/mol. The predicted octanol–water partition coefficient (Wildman–Crippen LogP) is 7.08. The van der Waals surface area contributed by atoms with Crippen molar-refractivity contribution in [2.75, 3.05) is 6.61 Å². The Bertz CT molecular complexity index is 2180. The molecule has 4 aliphatic rings. The molecule has 0 heterocycles. The zero-order valence-corrected chi connectivity index (χ0v) is 32.1. The average Bonchev–Trinajstić information content (AvgIpc) is 3.64. The van der Waals surface area contributed by atoms with Crippen molar-refractivity contribution >= 4 is 17.6 Å². The molecule has 0 spiro atoms. The number of hydrogen-bond donors (Lipinski definition) is 3. The van der Waals surface area contributed by atoms with Crippen LogP contribution in [0.2, 0.25) is 0 Å². The highest BCUT2D eigenvalue weighted by Crippen LogP contribution is 2.76. The van der Waals surface area contributed by atoms with Gasteiger partial charge in [0.2, 0.25) is 0 Å². The molecule has 4 aromatic carbocycles. The van der Waals surface area contributed by atoms with Crippen LogP contribution < -0.4 is 4.74 Å². The second kappa shape index (κ2) is 13.6. The van der Waals surface area contributed by atoms with Gasteiger partial charge in [-0.15, -0.1) is 0 Å². The topological polar surface area (TPSA) is 166 Å². The summed E-state index contributed by atoms with van der Waals surface area (Å²) in [5.74, 6) is -4.17. The Labute approximate surface area is 330 Å². The lowest BCUT2D eigenvalue weighted by Gasteiger charge is -2.52. The minimum Gasteiger partial charge on any atom is -0.424 e. The van der Waals surface area contributed by atoms with Gasteiger partial charge in [-0.2, -0.15) is 0 Å².